The molecule has 2 aromatic carbocycles. The first kappa shape index (κ1) is 24.9. The highest BCUT2D eigenvalue weighted by Gasteiger charge is 2.36. The van der Waals surface area contributed by atoms with Gasteiger partial charge in [-0.1, -0.05) is 165 Å². The number of unbranched alkanes of at least 4 members (excludes halogenated alkanes) is 6. The van der Waals surface area contributed by atoms with Crippen LogP contribution in [0.15, 0.2) is 36.4 Å². The third-order valence-electron chi connectivity index (χ3n) is 5.38. The molecule has 0 unspecified atom stereocenters. The van der Waals surface area contributed by atoms with Crippen molar-refractivity contribution in [2.24, 2.45) is 0 Å². The molecule has 0 amide bonds. The lowest BCUT2D eigenvalue weighted by molar-refractivity contribution is 0.604. The maximum absolute atomic E-state index is 4.07. The van der Waals surface area contributed by atoms with Gasteiger partial charge >= 0.3 is 0 Å². The Morgan fingerprint density at radius 2 is 1.21 bits per heavy atom. The molecular formula is C24H32Br4. The highest BCUT2D eigenvalue weighted by molar-refractivity contribution is 9.25. The van der Waals surface area contributed by atoms with Crippen molar-refractivity contribution in [1.82, 2.24) is 0 Å². The number of benzene rings is 2. The van der Waals surface area contributed by atoms with Crippen LogP contribution < -0.4 is 0 Å². The van der Waals surface area contributed by atoms with Crippen LogP contribution in [-0.2, 0) is 6.47 Å². The summed E-state index contributed by atoms with van der Waals surface area (Å²) in [5, 5.41) is 2.61. The Bertz CT molecular complexity index is 736. The normalized spacial score (nSPS) is 12.6. The zero-order chi connectivity index (χ0) is 20.6. The molecule has 0 aliphatic rings. The summed E-state index contributed by atoms with van der Waals surface area (Å²) < 4.78 is -0.427. The molecule has 2 aromatic rings. The van der Waals surface area contributed by atoms with Gasteiger partial charge in [-0.2, -0.15) is 0 Å². The molecule has 0 radical (unpaired) electrons. The third kappa shape index (κ3) is 6.82. The van der Waals surface area contributed by atoms with Gasteiger partial charge < -0.3 is 0 Å². The van der Waals surface area contributed by atoms with Crippen molar-refractivity contribution in [3.05, 3.63) is 47.5 Å². The Kier molecular flexibility index (Phi) is 10.5. The van der Waals surface area contributed by atoms with Gasteiger partial charge in [-0.05, 0) is 34.7 Å². The van der Waals surface area contributed by atoms with Crippen molar-refractivity contribution in [1.29, 1.82) is 0 Å². The number of hydrogen-bond acceptors (Lipinski definition) is 0. The Balaban J connectivity index is 2.41. The van der Waals surface area contributed by atoms with Crippen LogP contribution >= 0.6 is 63.7 Å². The molecule has 0 aliphatic carbocycles. The standard InChI is InChI=1S/C24H32Br4/c1-3-5-7-11-17-23(25,26)21-16-15-19-13-9-10-14-20(19)22(21)24(27,28)18-12-8-6-4-2/h9-10,13-16H,3-8,11-12,17-18H2,1-2H3. The van der Waals surface area contributed by atoms with E-state index in [2.05, 4.69) is 114 Å². The van der Waals surface area contributed by atoms with Crippen LogP contribution in [0.3, 0.4) is 0 Å². The molecule has 0 heterocycles. The Hall–Kier alpha value is 0.620. The van der Waals surface area contributed by atoms with Gasteiger partial charge in [0, 0.05) is 0 Å². The minimum absolute atomic E-state index is 0.205. The third-order valence-corrected chi connectivity index (χ3v) is 8.61. The average Bonchev–Trinajstić information content (AvgIpc) is 2.67. The number of hydrogen-bond donors (Lipinski definition) is 0. The van der Waals surface area contributed by atoms with E-state index in [9.17, 15) is 0 Å². The van der Waals surface area contributed by atoms with Gasteiger partial charge in [-0.25, -0.2) is 0 Å². The summed E-state index contributed by atoms with van der Waals surface area (Å²) in [5.41, 5.74) is 2.68. The number of rotatable bonds is 12. The van der Waals surface area contributed by atoms with Crippen molar-refractivity contribution in [3.8, 4) is 0 Å². The predicted molar refractivity (Wildman–Crippen MR) is 141 cm³/mol. The molecule has 4 heteroatoms. The first-order valence-electron chi connectivity index (χ1n) is 10.6. The van der Waals surface area contributed by atoms with Crippen molar-refractivity contribution >= 4 is 74.5 Å². The van der Waals surface area contributed by atoms with Crippen LogP contribution in [0.1, 0.15) is 89.2 Å². The van der Waals surface area contributed by atoms with Gasteiger partial charge in [-0.15, -0.1) is 0 Å². The molecule has 0 aliphatic heterocycles. The van der Waals surface area contributed by atoms with Crippen molar-refractivity contribution in [2.45, 2.75) is 84.5 Å². The molecule has 0 bridgehead atoms. The van der Waals surface area contributed by atoms with Crippen LogP contribution in [0.4, 0.5) is 0 Å². The maximum Gasteiger partial charge on any atom is 0.106 e. The van der Waals surface area contributed by atoms with Crippen molar-refractivity contribution in [3.63, 3.8) is 0 Å². The van der Waals surface area contributed by atoms with Crippen LogP contribution in [0.2, 0.25) is 0 Å². The average molecular weight is 640 g/mol. The molecule has 156 valence electrons. The summed E-state index contributed by atoms with van der Waals surface area (Å²) >= 11 is 16.2. The lowest BCUT2D eigenvalue weighted by Crippen LogP contribution is -2.19. The van der Waals surface area contributed by atoms with Crippen molar-refractivity contribution in [2.75, 3.05) is 0 Å². The van der Waals surface area contributed by atoms with E-state index in [-0.39, 0.29) is 6.47 Å². The van der Waals surface area contributed by atoms with E-state index in [4.69, 9.17) is 0 Å². The first-order chi connectivity index (χ1) is 13.3. The quantitative estimate of drug-likeness (QED) is 0.160. The Morgan fingerprint density at radius 3 is 1.82 bits per heavy atom. The smallest absolute Gasteiger partial charge is 0.0674 e. The second kappa shape index (κ2) is 11.9. The Morgan fingerprint density at radius 1 is 0.643 bits per heavy atom. The van der Waals surface area contributed by atoms with E-state index >= 15 is 0 Å². The summed E-state index contributed by atoms with van der Waals surface area (Å²) in [6.07, 6.45) is 12.3. The van der Waals surface area contributed by atoms with Crippen LogP contribution in [0.25, 0.3) is 10.8 Å². The molecule has 0 spiro atoms. The van der Waals surface area contributed by atoms with Gasteiger partial charge in [0.1, 0.15) is 6.47 Å². The molecule has 0 nitrogen and oxygen atoms in total. The molecule has 0 saturated heterocycles. The lowest BCUT2D eigenvalue weighted by Gasteiger charge is -2.32. The van der Waals surface area contributed by atoms with Crippen molar-refractivity contribution < 1.29 is 0 Å². The monoisotopic (exact) mass is 636 g/mol. The summed E-state index contributed by atoms with van der Waals surface area (Å²) in [4.78, 5) is 0. The summed E-state index contributed by atoms with van der Waals surface area (Å²) in [6, 6.07) is 13.3. The maximum atomic E-state index is 4.07. The minimum atomic E-state index is -0.222. The molecule has 0 saturated carbocycles. The lowest BCUT2D eigenvalue weighted by atomic mass is 9.91. The molecule has 0 atom stereocenters. The fraction of sp³-hybridized carbons (Fsp3) is 0.583. The van der Waals surface area contributed by atoms with Gasteiger partial charge in [0.25, 0.3) is 0 Å². The molecule has 0 N–H and O–H groups in total. The molecule has 0 fully saturated rings. The van der Waals surface area contributed by atoms with E-state index in [1.165, 1.54) is 73.3 Å². The number of halogens is 4. The SMILES string of the molecule is CCCCCCC(Br)(Br)c1ccc2ccccc2c1C(Br)(Br)CCCCCC. The van der Waals surface area contributed by atoms with Gasteiger partial charge in [-0.3, -0.25) is 0 Å². The molecule has 2 rings (SSSR count). The number of alkyl halides is 4. The zero-order valence-corrected chi connectivity index (χ0v) is 23.4. The first-order valence-corrected chi connectivity index (χ1v) is 13.8. The fourth-order valence-corrected chi connectivity index (χ4v) is 6.41. The van der Waals surface area contributed by atoms with Gasteiger partial charge in [0.2, 0.25) is 0 Å². The van der Waals surface area contributed by atoms with E-state index in [1.54, 1.807) is 0 Å². The topological polar surface area (TPSA) is 0 Å². The molecule has 0 aromatic heterocycles. The second-order valence-corrected chi connectivity index (χ2v) is 15.3. The highest BCUT2D eigenvalue weighted by Crippen LogP contribution is 2.53. The number of fused-ring (bicyclic) bond motifs is 1. The van der Waals surface area contributed by atoms with Crippen LogP contribution in [-0.4, -0.2) is 0 Å². The van der Waals surface area contributed by atoms with Crippen LogP contribution in [0, 0.1) is 0 Å². The van der Waals surface area contributed by atoms with Crippen LogP contribution in [0.5, 0.6) is 0 Å². The molecular weight excluding hydrogens is 608 g/mol. The summed E-state index contributed by atoms with van der Waals surface area (Å²) in [6.45, 7) is 4.53. The molecule has 28 heavy (non-hydrogen) atoms. The second-order valence-electron chi connectivity index (χ2n) is 7.74. The van der Waals surface area contributed by atoms with E-state index in [1.807, 2.05) is 0 Å². The zero-order valence-electron chi connectivity index (χ0n) is 17.0. The summed E-state index contributed by atoms with van der Waals surface area (Å²) in [5.74, 6) is 0. The fourth-order valence-electron chi connectivity index (χ4n) is 3.78. The highest BCUT2D eigenvalue weighted by atomic mass is 79.9. The van der Waals surface area contributed by atoms with Gasteiger partial charge in [0.05, 0.1) is 0 Å². The predicted octanol–water partition coefficient (Wildman–Crippen LogP) is 10.7. The summed E-state index contributed by atoms with van der Waals surface area (Å²) in [7, 11) is 0. The largest absolute Gasteiger partial charge is 0.106 e. The minimum Gasteiger partial charge on any atom is -0.0674 e. The van der Waals surface area contributed by atoms with E-state index in [0.29, 0.717) is 0 Å². The Labute approximate surface area is 205 Å². The van der Waals surface area contributed by atoms with E-state index < -0.39 is 0 Å². The van der Waals surface area contributed by atoms with E-state index in [0.717, 1.165) is 12.8 Å². The van der Waals surface area contributed by atoms with Gasteiger partial charge in [0.15, 0.2) is 0 Å².